The minimum atomic E-state index is -0.448. The Labute approximate surface area is 160 Å². The van der Waals surface area contributed by atoms with Gasteiger partial charge in [-0.15, -0.1) is 0 Å². The van der Waals surface area contributed by atoms with Crippen molar-refractivity contribution in [3.05, 3.63) is 82.9 Å². The van der Waals surface area contributed by atoms with Crippen molar-refractivity contribution in [2.24, 2.45) is 0 Å². The van der Waals surface area contributed by atoms with E-state index >= 15 is 0 Å². The molecule has 1 aliphatic rings. The van der Waals surface area contributed by atoms with E-state index < -0.39 is 5.60 Å². The number of allylic oxidation sites excluding steroid dienone is 5. The van der Waals surface area contributed by atoms with Crippen molar-refractivity contribution in [1.29, 1.82) is 0 Å². The first-order chi connectivity index (χ1) is 12.7. The smallest absolute Gasteiger partial charge is 0.189 e. The predicted molar refractivity (Wildman–Crippen MR) is 109 cm³/mol. The molecule has 1 aromatic rings. The lowest BCUT2D eigenvalue weighted by molar-refractivity contribution is -0.111. The Morgan fingerprint density at radius 1 is 1.30 bits per heavy atom. The van der Waals surface area contributed by atoms with Crippen LogP contribution in [0.5, 0.6) is 5.75 Å². The molecule has 142 valence electrons. The average molecular weight is 366 g/mol. The Hall–Kier alpha value is -3.01. The molecule has 0 saturated heterocycles. The number of aliphatic hydroxyl groups excluding tert-OH is 1. The van der Waals surface area contributed by atoms with Gasteiger partial charge in [0, 0.05) is 0 Å². The highest BCUT2D eigenvalue weighted by Gasteiger charge is 2.24. The first kappa shape index (κ1) is 20.3. The van der Waals surface area contributed by atoms with E-state index in [1.165, 1.54) is 12.2 Å². The van der Waals surface area contributed by atoms with Crippen molar-refractivity contribution in [1.82, 2.24) is 0 Å². The molecule has 0 radical (unpaired) electrons. The molecule has 4 heteroatoms. The Morgan fingerprint density at radius 3 is 2.59 bits per heavy atom. The van der Waals surface area contributed by atoms with Crippen molar-refractivity contribution in [2.45, 2.75) is 33.3 Å². The van der Waals surface area contributed by atoms with Gasteiger partial charge in [0.2, 0.25) is 0 Å². The molecule has 4 nitrogen and oxygen atoms in total. The maximum atomic E-state index is 12.6. The number of rotatable bonds is 6. The standard InChI is InChI=1S/C23H26O4/c1-7-18(22(25)19-12-13-23(4,5)27-16(19)3)20(24)11-10-17-9-8-15(2)21(14-17)26-6/h7-14,25H,1H2,2-6H3/b11-10+,22-18-. The van der Waals surface area contributed by atoms with E-state index in [0.717, 1.165) is 16.9 Å². The quantitative estimate of drug-likeness (QED) is 0.426. The van der Waals surface area contributed by atoms with Crippen molar-refractivity contribution >= 4 is 11.9 Å². The largest absolute Gasteiger partial charge is 0.506 e. The Kier molecular flexibility index (Phi) is 6.11. The van der Waals surface area contributed by atoms with Gasteiger partial charge in [0.25, 0.3) is 0 Å². The van der Waals surface area contributed by atoms with Crippen molar-refractivity contribution in [2.75, 3.05) is 7.11 Å². The first-order valence-corrected chi connectivity index (χ1v) is 8.70. The zero-order chi connectivity index (χ0) is 20.2. The fourth-order valence-electron chi connectivity index (χ4n) is 2.79. The topological polar surface area (TPSA) is 55.8 Å². The van der Waals surface area contributed by atoms with Gasteiger partial charge in [0.05, 0.1) is 18.3 Å². The van der Waals surface area contributed by atoms with Crippen LogP contribution in [0, 0.1) is 6.92 Å². The van der Waals surface area contributed by atoms with E-state index in [1.54, 1.807) is 26.2 Å². The van der Waals surface area contributed by atoms with Crippen LogP contribution in [0.2, 0.25) is 0 Å². The Morgan fingerprint density at radius 2 is 2.00 bits per heavy atom. The molecule has 0 bridgehead atoms. The molecule has 1 N–H and O–H groups in total. The van der Waals surface area contributed by atoms with E-state index in [4.69, 9.17) is 9.47 Å². The second kappa shape index (κ2) is 8.12. The fraction of sp³-hybridized carbons (Fsp3) is 0.261. The number of methoxy groups -OCH3 is 1. The fourth-order valence-corrected chi connectivity index (χ4v) is 2.79. The SMILES string of the molecule is C=C/C(C(=O)/C=C/c1ccc(C)c(OC)c1)=C(/O)C1=C(C)OC(C)(C)C=C1. The van der Waals surface area contributed by atoms with Gasteiger partial charge < -0.3 is 14.6 Å². The summed E-state index contributed by atoms with van der Waals surface area (Å²) >= 11 is 0. The van der Waals surface area contributed by atoms with Gasteiger partial charge in [-0.3, -0.25) is 4.79 Å². The summed E-state index contributed by atoms with van der Waals surface area (Å²) in [5, 5.41) is 10.6. The summed E-state index contributed by atoms with van der Waals surface area (Å²) in [4.78, 5) is 12.6. The number of carbonyl (C=O) groups excluding carboxylic acids is 1. The maximum absolute atomic E-state index is 12.6. The van der Waals surface area contributed by atoms with Gasteiger partial charge in [-0.05, 0) is 63.1 Å². The van der Waals surface area contributed by atoms with Crippen LogP contribution in [0.25, 0.3) is 6.08 Å². The molecule has 1 aromatic carbocycles. The normalized spacial score (nSPS) is 16.8. The molecule has 27 heavy (non-hydrogen) atoms. The van der Waals surface area contributed by atoms with Gasteiger partial charge in [-0.25, -0.2) is 0 Å². The van der Waals surface area contributed by atoms with Gasteiger partial charge in [-0.1, -0.05) is 30.9 Å². The maximum Gasteiger partial charge on any atom is 0.189 e. The van der Waals surface area contributed by atoms with E-state index in [-0.39, 0.29) is 17.1 Å². The lowest BCUT2D eigenvalue weighted by Crippen LogP contribution is -2.24. The summed E-state index contributed by atoms with van der Waals surface area (Å²) in [6.45, 7) is 11.2. The highest BCUT2D eigenvalue weighted by Crippen LogP contribution is 2.29. The molecular weight excluding hydrogens is 340 g/mol. The summed E-state index contributed by atoms with van der Waals surface area (Å²) in [7, 11) is 1.61. The third-order valence-electron chi connectivity index (χ3n) is 4.29. The highest BCUT2D eigenvalue weighted by molar-refractivity contribution is 6.09. The molecule has 1 aliphatic heterocycles. The minimum Gasteiger partial charge on any atom is -0.506 e. The van der Waals surface area contributed by atoms with Gasteiger partial charge in [0.15, 0.2) is 5.78 Å². The highest BCUT2D eigenvalue weighted by atomic mass is 16.5. The molecule has 0 unspecified atom stereocenters. The van der Waals surface area contributed by atoms with Crippen LogP contribution in [0.4, 0.5) is 0 Å². The number of aryl methyl sites for hydroxylation is 1. The van der Waals surface area contributed by atoms with Crippen molar-refractivity contribution < 1.29 is 19.4 Å². The molecule has 0 spiro atoms. The number of hydrogen-bond acceptors (Lipinski definition) is 4. The number of ketones is 1. The van der Waals surface area contributed by atoms with Crippen LogP contribution in [0.3, 0.4) is 0 Å². The summed E-state index contributed by atoms with van der Waals surface area (Å²) in [5.41, 5.74) is 1.98. The lowest BCUT2D eigenvalue weighted by atomic mass is 9.98. The van der Waals surface area contributed by atoms with Crippen molar-refractivity contribution in [3.8, 4) is 5.75 Å². The number of ether oxygens (including phenoxy) is 2. The lowest BCUT2D eigenvalue weighted by Gasteiger charge is -2.28. The molecular formula is C23H26O4. The van der Waals surface area contributed by atoms with Crippen LogP contribution < -0.4 is 4.74 Å². The zero-order valence-electron chi connectivity index (χ0n) is 16.5. The monoisotopic (exact) mass is 366 g/mol. The number of aliphatic hydroxyl groups is 1. The zero-order valence-corrected chi connectivity index (χ0v) is 16.5. The molecule has 1 heterocycles. The van der Waals surface area contributed by atoms with Crippen LogP contribution >= 0.6 is 0 Å². The van der Waals surface area contributed by atoms with Crippen molar-refractivity contribution in [3.63, 3.8) is 0 Å². The second-order valence-electron chi connectivity index (χ2n) is 6.90. The summed E-state index contributed by atoms with van der Waals surface area (Å²) < 4.78 is 11.1. The summed E-state index contributed by atoms with van der Waals surface area (Å²) in [6.07, 6.45) is 8.04. The molecule has 0 aromatic heterocycles. The Balaban J connectivity index is 2.31. The van der Waals surface area contributed by atoms with Gasteiger partial charge in [-0.2, -0.15) is 0 Å². The molecule has 2 rings (SSSR count). The summed E-state index contributed by atoms with van der Waals surface area (Å²) in [6, 6.07) is 5.67. The third-order valence-corrected chi connectivity index (χ3v) is 4.29. The van der Waals surface area contributed by atoms with Crippen LogP contribution in [-0.2, 0) is 9.53 Å². The first-order valence-electron chi connectivity index (χ1n) is 8.70. The van der Waals surface area contributed by atoms with Crippen LogP contribution in [0.1, 0.15) is 31.9 Å². The molecule has 0 saturated carbocycles. The third kappa shape index (κ3) is 4.79. The second-order valence-corrected chi connectivity index (χ2v) is 6.90. The van der Waals surface area contributed by atoms with Crippen LogP contribution in [-0.4, -0.2) is 23.6 Å². The average Bonchev–Trinajstić information content (AvgIpc) is 2.60. The van der Waals surface area contributed by atoms with E-state index in [9.17, 15) is 9.90 Å². The number of benzene rings is 1. The van der Waals surface area contributed by atoms with Gasteiger partial charge >= 0.3 is 0 Å². The Bertz CT molecular complexity index is 880. The van der Waals surface area contributed by atoms with Gasteiger partial charge in [0.1, 0.15) is 22.9 Å². The van der Waals surface area contributed by atoms with E-state index in [0.29, 0.717) is 11.3 Å². The van der Waals surface area contributed by atoms with E-state index in [2.05, 4.69) is 6.58 Å². The summed E-state index contributed by atoms with van der Waals surface area (Å²) in [5.74, 6) is 0.810. The van der Waals surface area contributed by atoms with Crippen LogP contribution in [0.15, 0.2) is 71.7 Å². The molecule has 0 amide bonds. The van der Waals surface area contributed by atoms with E-state index in [1.807, 2.05) is 45.0 Å². The number of carbonyl (C=O) groups is 1. The molecule has 0 atom stereocenters. The number of hydrogen-bond donors (Lipinski definition) is 1. The minimum absolute atomic E-state index is 0.118. The molecule has 0 aliphatic carbocycles. The molecule has 0 fully saturated rings. The predicted octanol–water partition coefficient (Wildman–Crippen LogP) is 5.22.